The molecule has 0 radical (unpaired) electrons. The van der Waals surface area contributed by atoms with Crippen molar-refractivity contribution < 1.29 is 27.5 Å². The molecule has 3 unspecified atom stereocenters. The molecule has 0 aromatic carbocycles. The number of hydrogen-bond donors (Lipinski definition) is 1. The molecular weight excluding hydrogens is 397 g/mol. The normalized spacial score (nSPS) is 37.1. The van der Waals surface area contributed by atoms with Crippen LogP contribution >= 0.6 is 0 Å². The monoisotopic (exact) mass is 424 g/mol. The number of carbonyl (C=O) groups is 2. The first-order chi connectivity index (χ1) is 14.0. The van der Waals surface area contributed by atoms with Gasteiger partial charge in [0.15, 0.2) is 0 Å². The number of aromatic nitrogens is 1. The van der Waals surface area contributed by atoms with Gasteiger partial charge in [0.05, 0.1) is 23.6 Å². The Morgan fingerprint density at radius 2 is 1.83 bits per heavy atom. The summed E-state index contributed by atoms with van der Waals surface area (Å²) < 4.78 is 44.6. The second-order valence-electron chi connectivity index (χ2n) is 9.40. The summed E-state index contributed by atoms with van der Waals surface area (Å²) in [6.45, 7) is 3.65. The number of nitrogens with one attached hydrogen (secondary N) is 1. The van der Waals surface area contributed by atoms with Gasteiger partial charge in [0.2, 0.25) is 5.91 Å². The van der Waals surface area contributed by atoms with Gasteiger partial charge in [-0.15, -0.1) is 0 Å². The topological polar surface area (TPSA) is 68.3 Å². The van der Waals surface area contributed by atoms with E-state index in [9.17, 15) is 22.8 Å². The molecule has 1 aromatic rings. The Balaban J connectivity index is 1.91. The Morgan fingerprint density at radius 3 is 2.30 bits per heavy atom. The Hall–Kier alpha value is -2.12. The fraction of sp³-hybridized carbons (Fsp3) is 0.682. The van der Waals surface area contributed by atoms with Crippen molar-refractivity contribution >= 4 is 11.9 Å². The maximum absolute atomic E-state index is 13.2. The number of esters is 1. The average Bonchev–Trinajstić information content (AvgIpc) is 2.69. The van der Waals surface area contributed by atoms with Crippen LogP contribution in [-0.4, -0.2) is 29.5 Å². The van der Waals surface area contributed by atoms with Crippen LogP contribution < -0.4 is 5.32 Å². The molecule has 164 valence electrons. The first kappa shape index (κ1) is 21.1. The van der Waals surface area contributed by atoms with Crippen LogP contribution in [0, 0.1) is 17.3 Å². The van der Waals surface area contributed by atoms with Crippen LogP contribution in [0.2, 0.25) is 0 Å². The summed E-state index contributed by atoms with van der Waals surface area (Å²) in [6.07, 6.45) is 0.188. The van der Waals surface area contributed by atoms with Gasteiger partial charge in [-0.05, 0) is 56.1 Å². The number of rotatable bonds is 4. The predicted octanol–water partition coefficient (Wildman–Crippen LogP) is 4.01. The zero-order chi connectivity index (χ0) is 21.9. The van der Waals surface area contributed by atoms with Crippen LogP contribution in [0.15, 0.2) is 18.3 Å². The number of methoxy groups -OCH3 is 1. The van der Waals surface area contributed by atoms with E-state index >= 15 is 0 Å². The van der Waals surface area contributed by atoms with E-state index in [4.69, 9.17) is 4.74 Å². The summed E-state index contributed by atoms with van der Waals surface area (Å²) in [5.41, 5.74) is -3.09. The minimum absolute atomic E-state index is 0.130. The van der Waals surface area contributed by atoms with Crippen molar-refractivity contribution in [2.75, 3.05) is 7.11 Å². The van der Waals surface area contributed by atoms with Crippen LogP contribution in [0.4, 0.5) is 13.2 Å². The molecule has 8 heteroatoms. The Labute approximate surface area is 173 Å². The molecule has 4 aliphatic rings. The van der Waals surface area contributed by atoms with Gasteiger partial charge in [-0.3, -0.25) is 14.6 Å². The minimum atomic E-state index is -4.50. The van der Waals surface area contributed by atoms with Crippen molar-refractivity contribution in [1.82, 2.24) is 10.3 Å². The summed E-state index contributed by atoms with van der Waals surface area (Å²) in [6, 6.07) is 2.38. The number of alkyl halides is 3. The quantitative estimate of drug-likeness (QED) is 0.742. The molecular formula is C22H27F3N2O3. The highest BCUT2D eigenvalue weighted by Gasteiger charge is 2.74. The number of ether oxygens (including phenoxy) is 1. The van der Waals surface area contributed by atoms with Crippen LogP contribution in [0.3, 0.4) is 0 Å². The largest absolute Gasteiger partial charge is 0.469 e. The zero-order valence-corrected chi connectivity index (χ0v) is 17.4. The van der Waals surface area contributed by atoms with E-state index in [1.54, 1.807) is 6.92 Å². The molecule has 1 aromatic heterocycles. The van der Waals surface area contributed by atoms with E-state index in [-0.39, 0.29) is 23.7 Å². The fourth-order valence-corrected chi connectivity index (χ4v) is 6.86. The molecule has 30 heavy (non-hydrogen) atoms. The van der Waals surface area contributed by atoms with E-state index in [1.165, 1.54) is 13.2 Å². The molecule has 4 fully saturated rings. The van der Waals surface area contributed by atoms with Gasteiger partial charge < -0.3 is 10.1 Å². The first-order valence-electron chi connectivity index (χ1n) is 10.4. The summed E-state index contributed by atoms with van der Waals surface area (Å²) in [5.74, 6) is 0.0265. The van der Waals surface area contributed by atoms with Crippen LogP contribution in [0.5, 0.6) is 0 Å². The van der Waals surface area contributed by atoms with Crippen molar-refractivity contribution in [2.24, 2.45) is 17.3 Å². The Bertz CT molecular complexity index is 853. The molecule has 4 bridgehead atoms. The average molecular weight is 424 g/mol. The van der Waals surface area contributed by atoms with Crippen LogP contribution in [-0.2, 0) is 25.9 Å². The van der Waals surface area contributed by atoms with Crippen LogP contribution in [0.25, 0.3) is 0 Å². The minimum Gasteiger partial charge on any atom is -0.469 e. The van der Waals surface area contributed by atoms with Gasteiger partial charge in [-0.1, -0.05) is 13.8 Å². The highest BCUT2D eigenvalue weighted by atomic mass is 19.4. The lowest BCUT2D eigenvalue weighted by Crippen LogP contribution is -2.77. The molecule has 1 N–H and O–H groups in total. The lowest BCUT2D eigenvalue weighted by molar-refractivity contribution is -0.196. The molecule has 4 aliphatic carbocycles. The van der Waals surface area contributed by atoms with Crippen molar-refractivity contribution in [2.45, 2.75) is 69.5 Å². The number of pyridine rings is 1. The fourth-order valence-electron chi connectivity index (χ4n) is 6.86. The molecule has 1 heterocycles. The number of hydrogen-bond acceptors (Lipinski definition) is 4. The lowest BCUT2D eigenvalue weighted by atomic mass is 9.35. The van der Waals surface area contributed by atoms with Crippen LogP contribution in [0.1, 0.15) is 63.6 Å². The van der Waals surface area contributed by atoms with Crippen molar-refractivity contribution in [3.05, 3.63) is 29.6 Å². The molecule has 1 amide bonds. The number of nitrogens with zero attached hydrogens (tertiary/aromatic N) is 1. The van der Waals surface area contributed by atoms with Crippen molar-refractivity contribution in [3.8, 4) is 0 Å². The standard InChI is InChI=1S/C22H27F3N2O3/c1-4-17(28)27-21-10-13-7-14(11-21)9-20(8-13,18(29)30-3)19(21,2)16-6-5-15(12-26-16)22(23,24)25/h5-6,12-14H,4,7-11H2,1-3H3,(H,27,28). The molecule has 5 rings (SSSR count). The third-order valence-corrected chi connectivity index (χ3v) is 8.01. The van der Waals surface area contributed by atoms with E-state index in [1.807, 2.05) is 6.92 Å². The molecule has 5 nitrogen and oxygen atoms in total. The lowest BCUT2D eigenvalue weighted by Gasteiger charge is -2.70. The highest BCUT2D eigenvalue weighted by molar-refractivity contribution is 5.82. The van der Waals surface area contributed by atoms with Gasteiger partial charge in [-0.25, -0.2) is 0 Å². The number of carbonyl (C=O) groups excluding carboxylic acids is 2. The van der Waals surface area contributed by atoms with Gasteiger partial charge >= 0.3 is 12.1 Å². The molecule has 0 spiro atoms. The summed E-state index contributed by atoms with van der Waals surface area (Å²) in [4.78, 5) is 30.0. The summed E-state index contributed by atoms with van der Waals surface area (Å²) in [7, 11) is 1.35. The molecule has 0 aliphatic heterocycles. The van der Waals surface area contributed by atoms with Gasteiger partial charge in [0.1, 0.15) is 0 Å². The SMILES string of the molecule is CCC(=O)NC12CC3CC(C1)CC(C(=O)OC)(C3)C2(C)c1ccc(C(F)(F)F)cn1. The van der Waals surface area contributed by atoms with Gasteiger partial charge in [-0.2, -0.15) is 13.2 Å². The maximum atomic E-state index is 13.2. The number of amides is 1. The van der Waals surface area contributed by atoms with E-state index in [2.05, 4.69) is 10.3 Å². The maximum Gasteiger partial charge on any atom is 0.417 e. The van der Waals surface area contributed by atoms with E-state index < -0.39 is 28.1 Å². The van der Waals surface area contributed by atoms with Gasteiger partial charge in [0.25, 0.3) is 0 Å². The molecule has 0 saturated heterocycles. The highest BCUT2D eigenvalue weighted by Crippen LogP contribution is 2.70. The Morgan fingerprint density at radius 1 is 1.20 bits per heavy atom. The second-order valence-corrected chi connectivity index (χ2v) is 9.40. The molecule has 4 saturated carbocycles. The van der Waals surface area contributed by atoms with E-state index in [0.29, 0.717) is 37.8 Å². The van der Waals surface area contributed by atoms with Crippen molar-refractivity contribution in [1.29, 1.82) is 0 Å². The Kier molecular flexibility index (Phi) is 4.71. The second kappa shape index (κ2) is 6.69. The summed E-state index contributed by atoms with van der Waals surface area (Å²) in [5, 5.41) is 3.20. The zero-order valence-electron chi connectivity index (χ0n) is 17.4. The molecule has 3 atom stereocenters. The number of halogens is 3. The first-order valence-corrected chi connectivity index (χ1v) is 10.4. The third-order valence-electron chi connectivity index (χ3n) is 8.01. The smallest absolute Gasteiger partial charge is 0.417 e. The van der Waals surface area contributed by atoms with Gasteiger partial charge in [0, 0.05) is 23.7 Å². The summed E-state index contributed by atoms with van der Waals surface area (Å²) >= 11 is 0. The van der Waals surface area contributed by atoms with E-state index in [0.717, 1.165) is 18.7 Å². The third kappa shape index (κ3) is 2.71. The predicted molar refractivity (Wildman–Crippen MR) is 102 cm³/mol. The van der Waals surface area contributed by atoms with Crippen molar-refractivity contribution in [3.63, 3.8) is 0 Å².